The van der Waals surface area contributed by atoms with Gasteiger partial charge in [0.1, 0.15) is 5.82 Å². The summed E-state index contributed by atoms with van der Waals surface area (Å²) in [6.45, 7) is 4.32. The lowest BCUT2D eigenvalue weighted by Crippen LogP contribution is -2.29. The van der Waals surface area contributed by atoms with Crippen LogP contribution in [0, 0.1) is 5.92 Å². The number of methoxy groups -OCH3 is 1. The van der Waals surface area contributed by atoms with Gasteiger partial charge in [0.05, 0.1) is 6.61 Å². The Morgan fingerprint density at radius 2 is 2.38 bits per heavy atom. The highest BCUT2D eigenvalue weighted by Gasteiger charge is 2.27. The number of nitrogen functional groups attached to an aromatic ring is 1. The molecule has 0 aromatic carbocycles. The Morgan fingerprint density at radius 3 is 3.05 bits per heavy atom. The van der Waals surface area contributed by atoms with Crippen LogP contribution in [0.15, 0.2) is 12.1 Å². The minimum atomic E-state index is 0.0462. The van der Waals surface area contributed by atoms with Crippen LogP contribution in [0.5, 0.6) is 0 Å². The van der Waals surface area contributed by atoms with E-state index in [2.05, 4.69) is 17.3 Å². The van der Waals surface area contributed by atoms with E-state index >= 15 is 0 Å². The van der Waals surface area contributed by atoms with Crippen molar-refractivity contribution in [3.8, 4) is 0 Å². The third-order valence-electron chi connectivity index (χ3n) is 3.75. The minimum absolute atomic E-state index is 0.0462. The molecule has 1 saturated heterocycles. The van der Waals surface area contributed by atoms with Gasteiger partial charge < -0.3 is 15.1 Å². The van der Waals surface area contributed by atoms with Gasteiger partial charge in [-0.1, -0.05) is 13.3 Å². The van der Waals surface area contributed by atoms with E-state index in [1.165, 1.54) is 0 Å². The third kappa shape index (κ3) is 3.92. The number of aromatic nitrogens is 1. The Kier molecular flexibility index (Phi) is 5.52. The van der Waals surface area contributed by atoms with E-state index in [1.54, 1.807) is 13.2 Å². The lowest BCUT2D eigenvalue weighted by molar-refractivity contribution is 0.0775. The molecular weight excluding hydrogens is 268 g/mol. The molecule has 0 saturated carbocycles. The minimum Gasteiger partial charge on any atom is -0.384 e. The maximum absolute atomic E-state index is 12.6. The fraction of sp³-hybridized carbons (Fsp3) is 0.600. The molecule has 0 spiro atoms. The highest BCUT2D eigenvalue weighted by Crippen LogP contribution is 2.20. The molecule has 2 rings (SSSR count). The first-order valence-electron chi connectivity index (χ1n) is 7.43. The van der Waals surface area contributed by atoms with Gasteiger partial charge in [-0.15, -0.1) is 0 Å². The second-order valence-electron chi connectivity index (χ2n) is 5.49. The highest BCUT2D eigenvalue weighted by molar-refractivity contribution is 5.95. The van der Waals surface area contributed by atoms with Crippen molar-refractivity contribution in [2.45, 2.75) is 26.2 Å². The molecule has 1 aliphatic rings. The first-order chi connectivity index (χ1) is 10.2. The number of aryl methyl sites for hydroxylation is 1. The summed E-state index contributed by atoms with van der Waals surface area (Å²) in [6, 6.07) is 3.58. The monoisotopic (exact) mass is 292 g/mol. The molecule has 6 heteroatoms. The normalized spacial score (nSPS) is 18.0. The van der Waals surface area contributed by atoms with Crippen molar-refractivity contribution in [2.24, 2.45) is 11.8 Å². The van der Waals surface area contributed by atoms with Gasteiger partial charge >= 0.3 is 0 Å². The van der Waals surface area contributed by atoms with Crippen molar-refractivity contribution in [1.82, 2.24) is 9.88 Å². The number of nitrogens with zero attached hydrogens (tertiary/aromatic N) is 2. The first kappa shape index (κ1) is 15.7. The molecule has 2 heterocycles. The SMILES string of the molecule is CCCc1cc(C(=O)N2CCC(COC)C2)cc(NN)n1. The standard InChI is InChI=1S/C15H24N4O2/c1-3-4-13-7-12(8-14(17-13)18-16)15(20)19-6-5-11(9-19)10-21-2/h7-8,11H,3-6,9-10,16H2,1-2H3,(H,17,18). The lowest BCUT2D eigenvalue weighted by Gasteiger charge is -2.17. The van der Waals surface area contributed by atoms with Crippen LogP contribution in [-0.2, 0) is 11.2 Å². The fourth-order valence-corrected chi connectivity index (χ4v) is 2.74. The molecule has 1 aromatic heterocycles. The number of ether oxygens (including phenoxy) is 1. The summed E-state index contributed by atoms with van der Waals surface area (Å²) in [4.78, 5) is 18.9. The average molecular weight is 292 g/mol. The van der Waals surface area contributed by atoms with Crippen LogP contribution in [0.3, 0.4) is 0 Å². The summed E-state index contributed by atoms with van der Waals surface area (Å²) in [5.74, 6) is 6.46. The van der Waals surface area contributed by atoms with E-state index < -0.39 is 0 Å². The summed E-state index contributed by atoms with van der Waals surface area (Å²) in [7, 11) is 1.70. The number of anilines is 1. The van der Waals surface area contributed by atoms with Gasteiger partial charge in [0.25, 0.3) is 5.91 Å². The van der Waals surface area contributed by atoms with Gasteiger partial charge in [-0.05, 0) is 25.0 Å². The molecule has 0 bridgehead atoms. The third-order valence-corrected chi connectivity index (χ3v) is 3.75. The Balaban J connectivity index is 2.13. The van der Waals surface area contributed by atoms with E-state index in [9.17, 15) is 4.79 Å². The van der Waals surface area contributed by atoms with E-state index in [1.807, 2.05) is 11.0 Å². The molecule has 1 atom stereocenters. The van der Waals surface area contributed by atoms with Crippen LogP contribution >= 0.6 is 0 Å². The highest BCUT2D eigenvalue weighted by atomic mass is 16.5. The lowest BCUT2D eigenvalue weighted by atomic mass is 10.1. The molecular formula is C15H24N4O2. The zero-order chi connectivity index (χ0) is 15.2. The van der Waals surface area contributed by atoms with Crippen molar-refractivity contribution in [3.63, 3.8) is 0 Å². The summed E-state index contributed by atoms with van der Waals surface area (Å²) in [5, 5.41) is 0. The smallest absolute Gasteiger partial charge is 0.254 e. The largest absolute Gasteiger partial charge is 0.384 e. The number of nitrogens with one attached hydrogen (secondary N) is 1. The number of hydrogen-bond donors (Lipinski definition) is 2. The van der Waals surface area contributed by atoms with E-state index in [4.69, 9.17) is 10.6 Å². The zero-order valence-corrected chi connectivity index (χ0v) is 12.8. The van der Waals surface area contributed by atoms with Gasteiger partial charge in [-0.3, -0.25) is 4.79 Å². The number of nitrogens with two attached hydrogens (primary N) is 1. The summed E-state index contributed by atoms with van der Waals surface area (Å²) in [5.41, 5.74) is 4.08. The molecule has 1 aromatic rings. The van der Waals surface area contributed by atoms with Gasteiger partial charge in [-0.25, -0.2) is 10.8 Å². The Hall–Kier alpha value is -1.66. The van der Waals surface area contributed by atoms with Crippen molar-refractivity contribution in [2.75, 3.05) is 32.2 Å². The number of rotatable bonds is 6. The quantitative estimate of drug-likeness (QED) is 0.612. The Bertz CT molecular complexity index is 493. The van der Waals surface area contributed by atoms with Crippen LogP contribution in [0.1, 0.15) is 35.8 Å². The molecule has 3 N–H and O–H groups in total. The first-order valence-corrected chi connectivity index (χ1v) is 7.43. The van der Waals surface area contributed by atoms with Gasteiger partial charge in [0.2, 0.25) is 0 Å². The van der Waals surface area contributed by atoms with Crippen molar-refractivity contribution in [1.29, 1.82) is 0 Å². The zero-order valence-electron chi connectivity index (χ0n) is 12.8. The molecule has 0 radical (unpaired) electrons. The van der Waals surface area contributed by atoms with Crippen LogP contribution in [0.25, 0.3) is 0 Å². The van der Waals surface area contributed by atoms with Crippen LogP contribution in [0.4, 0.5) is 5.82 Å². The van der Waals surface area contributed by atoms with E-state index in [0.29, 0.717) is 23.9 Å². The number of hydrogen-bond acceptors (Lipinski definition) is 5. The van der Waals surface area contributed by atoms with Crippen LogP contribution in [0.2, 0.25) is 0 Å². The maximum atomic E-state index is 12.6. The van der Waals surface area contributed by atoms with Crippen LogP contribution in [-0.4, -0.2) is 42.6 Å². The molecule has 0 aliphatic carbocycles. The molecule has 21 heavy (non-hydrogen) atoms. The fourth-order valence-electron chi connectivity index (χ4n) is 2.74. The number of amides is 1. The number of carbonyl (C=O) groups excluding carboxylic acids is 1. The average Bonchev–Trinajstić information content (AvgIpc) is 2.95. The predicted octanol–water partition coefficient (Wildman–Crippen LogP) is 1.43. The Morgan fingerprint density at radius 1 is 1.57 bits per heavy atom. The van der Waals surface area contributed by atoms with Gasteiger partial charge in [0, 0.05) is 37.4 Å². The maximum Gasteiger partial charge on any atom is 0.254 e. The number of hydrazine groups is 1. The second kappa shape index (κ2) is 7.38. The topological polar surface area (TPSA) is 80.5 Å². The molecule has 116 valence electrons. The van der Waals surface area contributed by atoms with Crippen molar-refractivity contribution < 1.29 is 9.53 Å². The van der Waals surface area contributed by atoms with E-state index in [0.717, 1.165) is 38.0 Å². The number of carbonyl (C=O) groups is 1. The summed E-state index contributed by atoms with van der Waals surface area (Å²) in [6.07, 6.45) is 2.81. The molecule has 1 unspecified atom stereocenters. The van der Waals surface area contributed by atoms with E-state index in [-0.39, 0.29) is 5.91 Å². The summed E-state index contributed by atoms with van der Waals surface area (Å²) >= 11 is 0. The van der Waals surface area contributed by atoms with Gasteiger partial charge in [-0.2, -0.15) is 0 Å². The number of likely N-dealkylation sites (tertiary alicyclic amines) is 1. The van der Waals surface area contributed by atoms with Crippen molar-refractivity contribution >= 4 is 11.7 Å². The summed E-state index contributed by atoms with van der Waals surface area (Å²) < 4.78 is 5.17. The Labute approximate surface area is 125 Å². The molecule has 6 nitrogen and oxygen atoms in total. The second-order valence-corrected chi connectivity index (χ2v) is 5.49. The van der Waals surface area contributed by atoms with Gasteiger partial charge in [0.15, 0.2) is 0 Å². The molecule has 1 aliphatic heterocycles. The number of pyridine rings is 1. The van der Waals surface area contributed by atoms with Crippen LogP contribution < -0.4 is 11.3 Å². The van der Waals surface area contributed by atoms with Crippen molar-refractivity contribution in [3.05, 3.63) is 23.4 Å². The molecule has 1 amide bonds. The predicted molar refractivity (Wildman–Crippen MR) is 81.9 cm³/mol. The molecule has 1 fully saturated rings.